The number of carbonyl (C=O) groups excluding carboxylic acids is 3. The molecule has 2 atom stereocenters. The molecular formula is C15H20N2O5. The summed E-state index contributed by atoms with van der Waals surface area (Å²) < 4.78 is 9.90. The van der Waals surface area contributed by atoms with Crippen molar-refractivity contribution in [3.05, 3.63) is 35.9 Å². The molecule has 0 aliphatic heterocycles. The van der Waals surface area contributed by atoms with E-state index in [0.717, 1.165) is 0 Å². The fourth-order valence-corrected chi connectivity index (χ4v) is 1.88. The first-order chi connectivity index (χ1) is 10.5. The largest absolute Gasteiger partial charge is 0.466 e. The second-order valence-corrected chi connectivity index (χ2v) is 4.50. The number of hydrogen-bond donors (Lipinski definition) is 2. The summed E-state index contributed by atoms with van der Waals surface area (Å²) >= 11 is 0. The number of carbonyl (C=O) groups is 3. The van der Waals surface area contributed by atoms with Crippen LogP contribution in [0.2, 0.25) is 0 Å². The molecule has 1 aromatic rings. The van der Waals surface area contributed by atoms with E-state index in [-0.39, 0.29) is 13.0 Å². The van der Waals surface area contributed by atoms with Crippen molar-refractivity contribution < 1.29 is 23.9 Å². The van der Waals surface area contributed by atoms with E-state index in [1.165, 1.54) is 7.11 Å². The van der Waals surface area contributed by atoms with Gasteiger partial charge in [0.2, 0.25) is 5.91 Å². The predicted octanol–water partition coefficient (Wildman–Crippen LogP) is 0.297. The highest BCUT2D eigenvalue weighted by Crippen LogP contribution is 2.16. The lowest BCUT2D eigenvalue weighted by atomic mass is 10.1. The average Bonchev–Trinajstić information content (AvgIpc) is 2.48. The zero-order valence-corrected chi connectivity index (χ0v) is 12.6. The van der Waals surface area contributed by atoms with E-state index in [9.17, 15) is 14.4 Å². The van der Waals surface area contributed by atoms with Crippen molar-refractivity contribution >= 4 is 17.8 Å². The Balaban J connectivity index is 2.77. The van der Waals surface area contributed by atoms with E-state index in [2.05, 4.69) is 5.32 Å². The normalized spacial score (nSPS) is 13.0. The molecule has 2 amide bonds. The number of methoxy groups -OCH3 is 1. The fourth-order valence-electron chi connectivity index (χ4n) is 1.88. The summed E-state index contributed by atoms with van der Waals surface area (Å²) in [5.74, 6) is -1.98. The summed E-state index contributed by atoms with van der Waals surface area (Å²) in [4.78, 5) is 35.1. The van der Waals surface area contributed by atoms with Crippen molar-refractivity contribution in [2.75, 3.05) is 13.7 Å². The van der Waals surface area contributed by atoms with E-state index >= 15 is 0 Å². The fraction of sp³-hybridized carbons (Fsp3) is 0.400. The van der Waals surface area contributed by atoms with Crippen LogP contribution in [0.3, 0.4) is 0 Å². The molecule has 1 aromatic carbocycles. The second kappa shape index (κ2) is 8.78. The topological polar surface area (TPSA) is 108 Å². The molecule has 0 unspecified atom stereocenters. The van der Waals surface area contributed by atoms with E-state index in [1.54, 1.807) is 37.3 Å². The van der Waals surface area contributed by atoms with Crippen molar-refractivity contribution in [2.45, 2.75) is 25.5 Å². The van der Waals surface area contributed by atoms with Gasteiger partial charge >= 0.3 is 5.97 Å². The molecule has 0 aromatic heterocycles. The van der Waals surface area contributed by atoms with Gasteiger partial charge in [0.1, 0.15) is 6.04 Å². The van der Waals surface area contributed by atoms with Gasteiger partial charge in [-0.1, -0.05) is 30.3 Å². The maximum atomic E-state index is 12.2. The number of hydrogen-bond acceptors (Lipinski definition) is 5. The van der Waals surface area contributed by atoms with Crippen LogP contribution in [-0.2, 0) is 23.9 Å². The van der Waals surface area contributed by atoms with Gasteiger partial charge < -0.3 is 20.5 Å². The lowest BCUT2D eigenvalue weighted by molar-refractivity contribution is -0.146. The number of rotatable bonds is 8. The van der Waals surface area contributed by atoms with Gasteiger partial charge in [-0.3, -0.25) is 14.4 Å². The minimum absolute atomic E-state index is 0.184. The van der Waals surface area contributed by atoms with Crippen LogP contribution in [0, 0.1) is 0 Å². The summed E-state index contributed by atoms with van der Waals surface area (Å²) in [6, 6.07) is 7.63. The third-order valence-corrected chi connectivity index (χ3v) is 2.91. The van der Waals surface area contributed by atoms with Gasteiger partial charge in [-0.25, -0.2) is 0 Å². The Kier molecular flexibility index (Phi) is 7.04. The number of benzene rings is 1. The number of amides is 2. The quantitative estimate of drug-likeness (QED) is 0.671. The first-order valence-electron chi connectivity index (χ1n) is 6.82. The standard InChI is InChI=1S/C15H20N2O5/c1-3-22-12(18)9-11(14(16)19)17-15(20)13(21-2)10-7-5-4-6-8-10/h4-8,11,13H,3,9H2,1-2H3,(H2,16,19)(H,17,20)/t11-,13-/m1/s1. The number of esters is 1. The molecule has 0 saturated carbocycles. The van der Waals surface area contributed by atoms with Crippen molar-refractivity contribution in [1.82, 2.24) is 5.32 Å². The number of nitrogens with two attached hydrogens (primary N) is 1. The Morgan fingerprint density at radius 2 is 1.86 bits per heavy atom. The number of primary amides is 1. The van der Waals surface area contributed by atoms with E-state index < -0.39 is 29.9 Å². The molecule has 22 heavy (non-hydrogen) atoms. The predicted molar refractivity (Wildman–Crippen MR) is 78.6 cm³/mol. The van der Waals surface area contributed by atoms with Crippen LogP contribution in [0.5, 0.6) is 0 Å². The SMILES string of the molecule is CCOC(=O)C[C@@H](NC(=O)[C@H](OC)c1ccccc1)C(N)=O. The molecule has 0 aliphatic rings. The molecule has 0 aliphatic carbocycles. The van der Waals surface area contributed by atoms with Crippen LogP contribution in [-0.4, -0.2) is 37.5 Å². The molecule has 0 fully saturated rings. The molecule has 7 nitrogen and oxygen atoms in total. The molecule has 7 heteroatoms. The molecule has 0 bridgehead atoms. The zero-order valence-electron chi connectivity index (χ0n) is 12.6. The van der Waals surface area contributed by atoms with Gasteiger partial charge in [-0.05, 0) is 12.5 Å². The number of nitrogens with one attached hydrogen (secondary N) is 1. The third-order valence-electron chi connectivity index (χ3n) is 2.91. The highest BCUT2D eigenvalue weighted by atomic mass is 16.5. The molecule has 3 N–H and O–H groups in total. The van der Waals surface area contributed by atoms with Gasteiger partial charge in [0.25, 0.3) is 5.91 Å². The van der Waals surface area contributed by atoms with Crippen LogP contribution in [0.25, 0.3) is 0 Å². The van der Waals surface area contributed by atoms with Crippen molar-refractivity contribution in [1.29, 1.82) is 0 Å². The Hall–Kier alpha value is -2.41. The summed E-state index contributed by atoms with van der Waals surface area (Å²) in [6.07, 6.45) is -1.22. The van der Waals surface area contributed by atoms with Crippen LogP contribution >= 0.6 is 0 Å². The third kappa shape index (κ3) is 5.17. The van der Waals surface area contributed by atoms with Gasteiger partial charge in [0.05, 0.1) is 13.0 Å². The highest BCUT2D eigenvalue weighted by Gasteiger charge is 2.27. The Labute approximate surface area is 128 Å². The maximum Gasteiger partial charge on any atom is 0.308 e. The van der Waals surface area contributed by atoms with E-state index in [4.69, 9.17) is 15.2 Å². The van der Waals surface area contributed by atoms with Crippen molar-refractivity contribution in [3.63, 3.8) is 0 Å². The first kappa shape index (κ1) is 17.6. The Bertz CT molecular complexity index is 518. The highest BCUT2D eigenvalue weighted by molar-refractivity contribution is 5.91. The molecule has 0 spiro atoms. The molecule has 0 heterocycles. The summed E-state index contributed by atoms with van der Waals surface area (Å²) in [6.45, 7) is 1.83. The second-order valence-electron chi connectivity index (χ2n) is 4.50. The van der Waals surface area contributed by atoms with Crippen LogP contribution in [0.4, 0.5) is 0 Å². The molecule has 0 radical (unpaired) electrons. The Morgan fingerprint density at radius 1 is 1.23 bits per heavy atom. The van der Waals surface area contributed by atoms with Crippen LogP contribution in [0.1, 0.15) is 25.0 Å². The van der Waals surface area contributed by atoms with Crippen LogP contribution in [0.15, 0.2) is 30.3 Å². The van der Waals surface area contributed by atoms with Crippen LogP contribution < -0.4 is 11.1 Å². The summed E-state index contributed by atoms with van der Waals surface area (Å²) in [5.41, 5.74) is 5.83. The number of ether oxygens (including phenoxy) is 2. The summed E-state index contributed by atoms with van der Waals surface area (Å²) in [7, 11) is 1.38. The van der Waals surface area contributed by atoms with Crippen molar-refractivity contribution in [2.24, 2.45) is 5.73 Å². The van der Waals surface area contributed by atoms with Gasteiger partial charge in [-0.15, -0.1) is 0 Å². The van der Waals surface area contributed by atoms with Gasteiger partial charge in [0.15, 0.2) is 6.10 Å². The minimum atomic E-state index is -1.15. The van der Waals surface area contributed by atoms with E-state index in [1.807, 2.05) is 0 Å². The smallest absolute Gasteiger partial charge is 0.308 e. The molecular weight excluding hydrogens is 288 g/mol. The maximum absolute atomic E-state index is 12.2. The first-order valence-corrected chi connectivity index (χ1v) is 6.82. The lowest BCUT2D eigenvalue weighted by Crippen LogP contribution is -2.47. The Morgan fingerprint density at radius 3 is 2.36 bits per heavy atom. The van der Waals surface area contributed by atoms with E-state index in [0.29, 0.717) is 5.56 Å². The van der Waals surface area contributed by atoms with Gasteiger partial charge in [-0.2, -0.15) is 0 Å². The average molecular weight is 308 g/mol. The summed E-state index contributed by atoms with van der Waals surface area (Å²) in [5, 5.41) is 2.42. The minimum Gasteiger partial charge on any atom is -0.466 e. The molecule has 1 rings (SSSR count). The van der Waals surface area contributed by atoms with Crippen molar-refractivity contribution in [3.8, 4) is 0 Å². The molecule has 120 valence electrons. The monoisotopic (exact) mass is 308 g/mol. The van der Waals surface area contributed by atoms with Gasteiger partial charge in [0, 0.05) is 7.11 Å². The molecule has 0 saturated heterocycles. The zero-order chi connectivity index (χ0) is 16.5. The lowest BCUT2D eigenvalue weighted by Gasteiger charge is -2.19.